The zero-order chi connectivity index (χ0) is 15.0. The van der Waals surface area contributed by atoms with Gasteiger partial charge in [0, 0.05) is 12.5 Å². The molecule has 1 N–H and O–H groups in total. The van der Waals surface area contributed by atoms with Crippen molar-refractivity contribution in [2.45, 2.75) is 18.8 Å². The van der Waals surface area contributed by atoms with E-state index in [1.54, 1.807) is 0 Å². The van der Waals surface area contributed by atoms with Crippen LogP contribution < -0.4 is 0 Å². The molecule has 0 aliphatic carbocycles. The molecule has 0 unspecified atom stereocenters. The number of aromatic nitrogens is 1. The van der Waals surface area contributed by atoms with Gasteiger partial charge in [0.15, 0.2) is 0 Å². The summed E-state index contributed by atoms with van der Waals surface area (Å²) in [6.07, 6.45) is 2.34. The highest BCUT2D eigenvalue weighted by molar-refractivity contribution is 7.18. The zero-order valence-corrected chi connectivity index (χ0v) is 13.5. The van der Waals surface area contributed by atoms with Crippen LogP contribution in [0.4, 0.5) is 0 Å². The number of hydrogen-bond donors (Lipinski definition) is 1. The third kappa shape index (κ3) is 2.67. The number of thiazole rings is 1. The molecule has 2 aliphatic heterocycles. The number of ether oxygens (including phenoxy) is 1. The van der Waals surface area contributed by atoms with E-state index in [1.165, 1.54) is 22.5 Å². The van der Waals surface area contributed by atoms with Crippen LogP contribution in [-0.2, 0) is 4.74 Å². The number of likely N-dealkylation sites (tertiary alicyclic amines) is 1. The van der Waals surface area contributed by atoms with Crippen LogP contribution in [0.25, 0.3) is 10.2 Å². The van der Waals surface area contributed by atoms with Gasteiger partial charge in [-0.05, 0) is 38.1 Å². The summed E-state index contributed by atoms with van der Waals surface area (Å²) >= 11 is 1.85. The lowest BCUT2D eigenvalue weighted by Gasteiger charge is -2.44. The molecule has 0 amide bonds. The van der Waals surface area contributed by atoms with Crippen molar-refractivity contribution < 1.29 is 9.84 Å². The molecule has 4 nitrogen and oxygen atoms in total. The number of aliphatic hydroxyl groups is 1. The Morgan fingerprint density at radius 1 is 1.27 bits per heavy atom. The standard InChI is InChI=1S/C17H22N2O2S/c20-10-17(11-21-12-17)9-19-7-5-13(6-8-19)16-18-14-3-1-2-4-15(14)22-16/h1-4,13,20H,5-12H2. The lowest BCUT2D eigenvalue weighted by Crippen LogP contribution is -2.54. The van der Waals surface area contributed by atoms with Crippen LogP contribution in [0, 0.1) is 5.41 Å². The molecule has 22 heavy (non-hydrogen) atoms. The van der Waals surface area contributed by atoms with E-state index in [1.807, 2.05) is 11.3 Å². The monoisotopic (exact) mass is 318 g/mol. The summed E-state index contributed by atoms with van der Waals surface area (Å²) < 4.78 is 6.60. The molecule has 118 valence electrons. The summed E-state index contributed by atoms with van der Waals surface area (Å²) in [7, 11) is 0. The summed E-state index contributed by atoms with van der Waals surface area (Å²) in [5, 5.41) is 10.9. The average Bonchev–Trinajstić information content (AvgIpc) is 2.95. The first-order valence-electron chi connectivity index (χ1n) is 8.04. The molecule has 1 aromatic heterocycles. The second kappa shape index (κ2) is 5.89. The van der Waals surface area contributed by atoms with Crippen molar-refractivity contribution >= 4 is 21.6 Å². The number of fused-ring (bicyclic) bond motifs is 1. The second-order valence-corrected chi connectivity index (χ2v) is 7.78. The Morgan fingerprint density at radius 2 is 2.05 bits per heavy atom. The number of piperidine rings is 1. The normalized spacial score (nSPS) is 22.8. The maximum Gasteiger partial charge on any atom is 0.0970 e. The predicted molar refractivity (Wildman–Crippen MR) is 88.4 cm³/mol. The third-order valence-corrected chi connectivity index (χ3v) is 6.16. The summed E-state index contributed by atoms with van der Waals surface area (Å²) in [6.45, 7) is 4.83. The van der Waals surface area contributed by atoms with Gasteiger partial charge in [-0.15, -0.1) is 11.3 Å². The summed E-state index contributed by atoms with van der Waals surface area (Å²) in [5.74, 6) is 0.594. The highest BCUT2D eigenvalue weighted by Gasteiger charge is 2.40. The Balaban J connectivity index is 1.39. The number of nitrogens with zero attached hydrogens (tertiary/aromatic N) is 2. The number of rotatable bonds is 4. The van der Waals surface area contributed by atoms with E-state index in [0.29, 0.717) is 19.1 Å². The number of para-hydroxylation sites is 1. The molecule has 3 heterocycles. The summed E-state index contributed by atoms with van der Waals surface area (Å²) in [6, 6.07) is 8.41. The molecule has 2 aromatic rings. The number of hydrogen-bond acceptors (Lipinski definition) is 5. The zero-order valence-electron chi connectivity index (χ0n) is 12.7. The van der Waals surface area contributed by atoms with Crippen LogP contribution in [0.1, 0.15) is 23.8 Å². The van der Waals surface area contributed by atoms with E-state index >= 15 is 0 Å². The minimum Gasteiger partial charge on any atom is -0.396 e. The molecular weight excluding hydrogens is 296 g/mol. The topological polar surface area (TPSA) is 45.6 Å². The maximum atomic E-state index is 9.56. The Labute approximate surface area is 134 Å². The molecule has 0 bridgehead atoms. The number of aliphatic hydroxyl groups excluding tert-OH is 1. The Bertz CT molecular complexity index is 606. The first-order valence-corrected chi connectivity index (χ1v) is 8.86. The highest BCUT2D eigenvalue weighted by atomic mass is 32.1. The van der Waals surface area contributed by atoms with Crippen molar-refractivity contribution in [1.29, 1.82) is 0 Å². The first kappa shape index (κ1) is 14.6. The van der Waals surface area contributed by atoms with E-state index in [0.717, 1.165) is 25.2 Å². The van der Waals surface area contributed by atoms with Crippen molar-refractivity contribution in [3.05, 3.63) is 29.3 Å². The fourth-order valence-electron chi connectivity index (χ4n) is 3.50. The molecular formula is C17H22N2O2S. The van der Waals surface area contributed by atoms with Gasteiger partial charge < -0.3 is 14.7 Å². The lowest BCUT2D eigenvalue weighted by molar-refractivity contribution is -0.149. The Hall–Kier alpha value is -1.01. The van der Waals surface area contributed by atoms with Gasteiger partial charge in [-0.25, -0.2) is 4.98 Å². The van der Waals surface area contributed by atoms with E-state index < -0.39 is 0 Å². The maximum absolute atomic E-state index is 9.56. The highest BCUT2D eigenvalue weighted by Crippen LogP contribution is 2.35. The van der Waals surface area contributed by atoms with Crippen molar-refractivity contribution in [1.82, 2.24) is 9.88 Å². The Kier molecular flexibility index (Phi) is 3.90. The minimum atomic E-state index is 0.00268. The van der Waals surface area contributed by atoms with Crippen molar-refractivity contribution in [3.63, 3.8) is 0 Å². The van der Waals surface area contributed by atoms with Crippen molar-refractivity contribution in [2.24, 2.45) is 5.41 Å². The van der Waals surface area contributed by atoms with Crippen molar-refractivity contribution in [3.8, 4) is 0 Å². The van der Waals surface area contributed by atoms with E-state index in [-0.39, 0.29) is 12.0 Å². The van der Waals surface area contributed by atoms with Gasteiger partial charge in [-0.3, -0.25) is 0 Å². The average molecular weight is 318 g/mol. The molecule has 2 aliphatic rings. The van der Waals surface area contributed by atoms with Gasteiger partial charge in [0.2, 0.25) is 0 Å². The van der Waals surface area contributed by atoms with Crippen LogP contribution in [-0.4, -0.2) is 54.4 Å². The molecule has 2 fully saturated rings. The molecule has 5 heteroatoms. The van der Waals surface area contributed by atoms with Crippen LogP contribution in [0.5, 0.6) is 0 Å². The van der Waals surface area contributed by atoms with Crippen molar-refractivity contribution in [2.75, 3.05) is 39.5 Å². The molecule has 0 atom stereocenters. The smallest absolute Gasteiger partial charge is 0.0970 e. The quantitative estimate of drug-likeness (QED) is 0.941. The fourth-order valence-corrected chi connectivity index (χ4v) is 4.64. The lowest BCUT2D eigenvalue weighted by atomic mass is 9.85. The minimum absolute atomic E-state index is 0.00268. The molecule has 0 spiro atoms. The molecule has 0 radical (unpaired) electrons. The van der Waals surface area contributed by atoms with Gasteiger partial charge >= 0.3 is 0 Å². The largest absolute Gasteiger partial charge is 0.396 e. The fraction of sp³-hybridized carbons (Fsp3) is 0.588. The van der Waals surface area contributed by atoms with Crippen LogP contribution in [0.15, 0.2) is 24.3 Å². The summed E-state index contributed by atoms with van der Waals surface area (Å²) in [4.78, 5) is 7.31. The van der Waals surface area contributed by atoms with Gasteiger partial charge in [0.25, 0.3) is 0 Å². The van der Waals surface area contributed by atoms with Gasteiger partial charge in [-0.2, -0.15) is 0 Å². The van der Waals surface area contributed by atoms with Gasteiger partial charge in [0.05, 0.1) is 40.5 Å². The van der Waals surface area contributed by atoms with Crippen LogP contribution >= 0.6 is 11.3 Å². The van der Waals surface area contributed by atoms with Gasteiger partial charge in [-0.1, -0.05) is 12.1 Å². The predicted octanol–water partition coefficient (Wildman–Crippen LogP) is 2.48. The van der Waals surface area contributed by atoms with E-state index in [4.69, 9.17) is 9.72 Å². The van der Waals surface area contributed by atoms with Crippen LogP contribution in [0.3, 0.4) is 0 Å². The summed E-state index contributed by atoms with van der Waals surface area (Å²) in [5.41, 5.74) is 1.14. The van der Waals surface area contributed by atoms with Gasteiger partial charge in [0.1, 0.15) is 0 Å². The molecule has 1 aromatic carbocycles. The SMILES string of the molecule is OCC1(CN2CCC(c3nc4ccccc4s3)CC2)COC1. The third-order valence-electron chi connectivity index (χ3n) is 4.96. The molecule has 4 rings (SSSR count). The molecule has 0 saturated carbocycles. The van der Waals surface area contributed by atoms with E-state index in [2.05, 4.69) is 29.2 Å². The number of benzene rings is 1. The first-order chi connectivity index (χ1) is 10.8. The molecule has 2 saturated heterocycles. The second-order valence-electron chi connectivity index (χ2n) is 6.72. The van der Waals surface area contributed by atoms with E-state index in [9.17, 15) is 5.11 Å². The van der Waals surface area contributed by atoms with Crippen LogP contribution in [0.2, 0.25) is 0 Å². The Morgan fingerprint density at radius 3 is 2.68 bits per heavy atom.